The van der Waals surface area contributed by atoms with E-state index in [0.717, 1.165) is 0 Å². The molecule has 0 bridgehead atoms. The Morgan fingerprint density at radius 1 is 0.559 bits per heavy atom. The standard InChI is InChI=1S/C19H34O15/c1-5-8(22)10(24)12(26)18(30-5)34-16-14(28)17(29-2)32-7(4-21)15(16)33-19-13(27)11(25)9(23)6(3-20)31-19/h5-28H,3-4H2,1-2H3/t5-,6+,7+,8+,9+,10+,11-,12-,13+,14+,15-,16+,17-,18-,19+/m0/s1. The third-order valence-corrected chi connectivity index (χ3v) is 6.27. The SMILES string of the molecule is CO[C@H]1O[C@H](CO)[C@H](O[C@H]2O[C@H](CO)[C@@H](O)[C@H](O)[C@H]2O)[C@H](O[C@@H]2O[C@@H](C)[C@@H](O)[C@@H](O)[C@@H]2O)[C@H]1O. The van der Waals surface area contributed by atoms with Crippen LogP contribution in [0.1, 0.15) is 6.92 Å². The van der Waals surface area contributed by atoms with E-state index in [4.69, 9.17) is 28.4 Å². The zero-order valence-corrected chi connectivity index (χ0v) is 18.5. The van der Waals surface area contributed by atoms with Crippen molar-refractivity contribution < 1.29 is 74.4 Å². The molecule has 3 aliphatic rings. The molecular weight excluding hydrogens is 468 g/mol. The highest BCUT2D eigenvalue weighted by molar-refractivity contribution is 4.96. The van der Waals surface area contributed by atoms with Gasteiger partial charge in [0, 0.05) is 7.11 Å². The van der Waals surface area contributed by atoms with E-state index in [-0.39, 0.29) is 0 Å². The predicted molar refractivity (Wildman–Crippen MR) is 105 cm³/mol. The molecule has 0 aromatic carbocycles. The first kappa shape index (κ1) is 28.0. The zero-order valence-electron chi connectivity index (χ0n) is 18.5. The van der Waals surface area contributed by atoms with Crippen molar-refractivity contribution in [2.45, 2.75) is 99.0 Å². The Balaban J connectivity index is 1.86. The van der Waals surface area contributed by atoms with Crippen molar-refractivity contribution in [3.05, 3.63) is 0 Å². The summed E-state index contributed by atoms with van der Waals surface area (Å²) in [7, 11) is 1.21. The van der Waals surface area contributed by atoms with Crippen molar-refractivity contribution in [3.63, 3.8) is 0 Å². The van der Waals surface area contributed by atoms with Gasteiger partial charge in [-0.1, -0.05) is 0 Å². The number of methoxy groups -OCH3 is 1. The second-order valence-electron chi connectivity index (χ2n) is 8.53. The number of aliphatic hydroxyl groups excluding tert-OH is 9. The van der Waals surface area contributed by atoms with Gasteiger partial charge in [-0.25, -0.2) is 0 Å². The average Bonchev–Trinajstić information content (AvgIpc) is 2.83. The van der Waals surface area contributed by atoms with Gasteiger partial charge in [-0.05, 0) is 6.92 Å². The molecule has 0 aliphatic carbocycles. The molecule has 0 spiro atoms. The van der Waals surface area contributed by atoms with Crippen LogP contribution < -0.4 is 0 Å². The minimum atomic E-state index is -1.80. The Hall–Kier alpha value is -0.600. The van der Waals surface area contributed by atoms with Gasteiger partial charge in [0.1, 0.15) is 67.1 Å². The normalized spacial score (nSPS) is 52.5. The number of ether oxygens (including phenoxy) is 6. The van der Waals surface area contributed by atoms with Gasteiger partial charge in [0.2, 0.25) is 0 Å². The first-order chi connectivity index (χ1) is 16.0. The van der Waals surface area contributed by atoms with Crippen LogP contribution in [-0.4, -0.2) is 158 Å². The fraction of sp³-hybridized carbons (Fsp3) is 1.00. The third kappa shape index (κ3) is 5.39. The Labute approximate surface area is 194 Å². The lowest BCUT2D eigenvalue weighted by atomic mass is 9.96. The topological polar surface area (TPSA) is 237 Å². The number of hydrogen-bond donors (Lipinski definition) is 9. The number of hydrogen-bond acceptors (Lipinski definition) is 15. The minimum Gasteiger partial charge on any atom is -0.394 e. The molecule has 0 radical (unpaired) electrons. The van der Waals surface area contributed by atoms with Crippen LogP contribution in [0.4, 0.5) is 0 Å². The smallest absolute Gasteiger partial charge is 0.187 e. The lowest BCUT2D eigenvalue weighted by molar-refractivity contribution is -0.384. The molecule has 9 N–H and O–H groups in total. The second-order valence-corrected chi connectivity index (χ2v) is 8.53. The van der Waals surface area contributed by atoms with Crippen LogP contribution >= 0.6 is 0 Å². The largest absolute Gasteiger partial charge is 0.394 e. The molecule has 34 heavy (non-hydrogen) atoms. The van der Waals surface area contributed by atoms with E-state index in [1.165, 1.54) is 14.0 Å². The van der Waals surface area contributed by atoms with Crippen molar-refractivity contribution in [1.29, 1.82) is 0 Å². The summed E-state index contributed by atoms with van der Waals surface area (Å²) in [5.74, 6) is 0. The summed E-state index contributed by atoms with van der Waals surface area (Å²) in [6.07, 6.45) is -22.6. The molecule has 3 aliphatic heterocycles. The molecule has 15 nitrogen and oxygen atoms in total. The van der Waals surface area contributed by atoms with E-state index >= 15 is 0 Å². The van der Waals surface area contributed by atoms with Gasteiger partial charge in [0.25, 0.3) is 0 Å². The Morgan fingerprint density at radius 2 is 1.06 bits per heavy atom. The van der Waals surface area contributed by atoms with Gasteiger partial charge in [0.05, 0.1) is 19.3 Å². The highest BCUT2D eigenvalue weighted by Gasteiger charge is 2.53. The van der Waals surface area contributed by atoms with Gasteiger partial charge in [-0.3, -0.25) is 0 Å². The Bertz CT molecular complexity index is 639. The van der Waals surface area contributed by atoms with Crippen molar-refractivity contribution in [1.82, 2.24) is 0 Å². The molecule has 0 amide bonds. The summed E-state index contributed by atoms with van der Waals surface area (Å²) in [5, 5.41) is 90.7. The average molecular weight is 502 g/mol. The van der Waals surface area contributed by atoms with Gasteiger partial charge >= 0.3 is 0 Å². The highest BCUT2D eigenvalue weighted by atomic mass is 16.8. The van der Waals surface area contributed by atoms with E-state index in [0.29, 0.717) is 0 Å². The molecule has 3 fully saturated rings. The molecule has 3 heterocycles. The number of aliphatic hydroxyl groups is 9. The van der Waals surface area contributed by atoms with Gasteiger partial charge in [-0.15, -0.1) is 0 Å². The monoisotopic (exact) mass is 502 g/mol. The molecule has 0 unspecified atom stereocenters. The quantitative estimate of drug-likeness (QED) is 0.157. The van der Waals surface area contributed by atoms with E-state index in [1.807, 2.05) is 0 Å². The lowest BCUT2D eigenvalue weighted by Crippen LogP contribution is -2.67. The van der Waals surface area contributed by atoms with E-state index in [2.05, 4.69) is 0 Å². The van der Waals surface area contributed by atoms with Crippen LogP contribution in [0.5, 0.6) is 0 Å². The summed E-state index contributed by atoms with van der Waals surface area (Å²) in [4.78, 5) is 0. The molecule has 3 saturated heterocycles. The third-order valence-electron chi connectivity index (χ3n) is 6.27. The summed E-state index contributed by atoms with van der Waals surface area (Å²) in [6.45, 7) is 0.0111. The van der Waals surface area contributed by atoms with Crippen LogP contribution in [0.2, 0.25) is 0 Å². The van der Waals surface area contributed by atoms with Crippen LogP contribution in [-0.2, 0) is 28.4 Å². The first-order valence-electron chi connectivity index (χ1n) is 10.8. The van der Waals surface area contributed by atoms with Crippen molar-refractivity contribution in [2.24, 2.45) is 0 Å². The molecular formula is C19H34O15. The van der Waals surface area contributed by atoms with Crippen LogP contribution in [0.25, 0.3) is 0 Å². The molecule has 3 rings (SSSR count). The van der Waals surface area contributed by atoms with Gasteiger partial charge < -0.3 is 74.4 Å². The van der Waals surface area contributed by atoms with Crippen LogP contribution in [0, 0.1) is 0 Å². The van der Waals surface area contributed by atoms with E-state index in [9.17, 15) is 46.0 Å². The van der Waals surface area contributed by atoms with Crippen molar-refractivity contribution in [2.75, 3.05) is 20.3 Å². The zero-order chi connectivity index (χ0) is 25.3. The van der Waals surface area contributed by atoms with Crippen LogP contribution in [0.15, 0.2) is 0 Å². The highest BCUT2D eigenvalue weighted by Crippen LogP contribution is 2.33. The molecule has 0 saturated carbocycles. The minimum absolute atomic E-state index is 0.694. The maximum Gasteiger partial charge on any atom is 0.187 e. The fourth-order valence-corrected chi connectivity index (χ4v) is 4.17. The van der Waals surface area contributed by atoms with Gasteiger partial charge in [-0.2, -0.15) is 0 Å². The summed E-state index contributed by atoms with van der Waals surface area (Å²) < 4.78 is 32.7. The summed E-state index contributed by atoms with van der Waals surface area (Å²) in [6, 6.07) is 0. The maximum atomic E-state index is 10.8. The summed E-state index contributed by atoms with van der Waals surface area (Å²) in [5.41, 5.74) is 0. The fourth-order valence-electron chi connectivity index (χ4n) is 4.17. The number of rotatable bonds is 7. The molecule has 15 atom stereocenters. The van der Waals surface area contributed by atoms with E-state index < -0.39 is 105 Å². The first-order valence-corrected chi connectivity index (χ1v) is 10.8. The van der Waals surface area contributed by atoms with Crippen molar-refractivity contribution in [3.8, 4) is 0 Å². The molecule has 200 valence electrons. The molecule has 0 aromatic rings. The lowest BCUT2D eigenvalue weighted by Gasteiger charge is -2.48. The Kier molecular flexibility index (Phi) is 9.57. The van der Waals surface area contributed by atoms with E-state index in [1.54, 1.807) is 0 Å². The predicted octanol–water partition coefficient (Wildman–Crippen LogP) is -5.89. The van der Waals surface area contributed by atoms with Gasteiger partial charge in [0.15, 0.2) is 18.9 Å². The maximum absolute atomic E-state index is 10.8. The molecule has 15 heteroatoms. The van der Waals surface area contributed by atoms with Crippen LogP contribution in [0.3, 0.4) is 0 Å². The summed E-state index contributed by atoms with van der Waals surface area (Å²) >= 11 is 0. The Morgan fingerprint density at radius 3 is 1.62 bits per heavy atom. The van der Waals surface area contributed by atoms with Crippen molar-refractivity contribution >= 4 is 0 Å². The molecule has 0 aromatic heterocycles. The second kappa shape index (κ2) is 11.6.